The van der Waals surface area contributed by atoms with E-state index in [9.17, 15) is 4.79 Å². The molecule has 2 fully saturated rings. The minimum Gasteiger partial charge on any atom is -0.356 e. The van der Waals surface area contributed by atoms with Crippen LogP contribution < -0.4 is 11.1 Å². The van der Waals surface area contributed by atoms with Gasteiger partial charge in [-0.1, -0.05) is 32.1 Å². The number of carbonyl (C=O) groups excluding carboxylic acids is 1. The van der Waals surface area contributed by atoms with E-state index in [-0.39, 0.29) is 5.91 Å². The Balaban J connectivity index is 1.56. The van der Waals surface area contributed by atoms with Gasteiger partial charge >= 0.3 is 0 Å². The van der Waals surface area contributed by atoms with E-state index in [0.29, 0.717) is 18.4 Å². The van der Waals surface area contributed by atoms with Gasteiger partial charge in [0, 0.05) is 19.0 Å². The van der Waals surface area contributed by atoms with Crippen molar-refractivity contribution in [2.45, 2.75) is 70.3 Å². The highest BCUT2D eigenvalue weighted by molar-refractivity contribution is 5.76. The Labute approximate surface area is 111 Å². The van der Waals surface area contributed by atoms with E-state index < -0.39 is 0 Å². The number of nitrogens with one attached hydrogen (secondary N) is 1. The largest absolute Gasteiger partial charge is 0.356 e. The number of rotatable bonds is 5. The summed E-state index contributed by atoms with van der Waals surface area (Å²) < 4.78 is 0. The van der Waals surface area contributed by atoms with Gasteiger partial charge in [-0.3, -0.25) is 4.79 Å². The van der Waals surface area contributed by atoms with Gasteiger partial charge < -0.3 is 11.1 Å². The van der Waals surface area contributed by atoms with Crippen LogP contribution in [0, 0.1) is 11.8 Å². The summed E-state index contributed by atoms with van der Waals surface area (Å²) in [6.07, 6.45) is 11.9. The van der Waals surface area contributed by atoms with Gasteiger partial charge in [-0.15, -0.1) is 0 Å². The third kappa shape index (κ3) is 4.60. The highest BCUT2D eigenvalue weighted by Crippen LogP contribution is 2.27. The summed E-state index contributed by atoms with van der Waals surface area (Å²) in [6, 6.07) is 0.329. The standard InChI is InChI=1S/C15H28N2O/c16-14-7-3-6-13(10-14)11-15(18)17-9-8-12-4-1-2-5-12/h12-14H,1-11,16H2,(H,17,18). The first-order chi connectivity index (χ1) is 8.74. The number of hydrogen-bond donors (Lipinski definition) is 2. The number of hydrogen-bond acceptors (Lipinski definition) is 2. The second-order valence-corrected chi connectivity index (χ2v) is 6.29. The third-order valence-corrected chi connectivity index (χ3v) is 4.65. The van der Waals surface area contributed by atoms with Crippen LogP contribution in [-0.2, 0) is 4.79 Å². The predicted octanol–water partition coefficient (Wildman–Crippen LogP) is 2.59. The Morgan fingerprint density at radius 1 is 1.06 bits per heavy atom. The Bertz CT molecular complexity index is 261. The Kier molecular flexibility index (Phi) is 5.48. The van der Waals surface area contributed by atoms with E-state index in [4.69, 9.17) is 5.73 Å². The average Bonchev–Trinajstić information content (AvgIpc) is 2.82. The average molecular weight is 252 g/mol. The molecule has 3 N–H and O–H groups in total. The molecule has 3 heteroatoms. The maximum atomic E-state index is 11.8. The summed E-state index contributed by atoms with van der Waals surface area (Å²) in [6.45, 7) is 0.877. The fourth-order valence-electron chi connectivity index (χ4n) is 3.57. The lowest BCUT2D eigenvalue weighted by Gasteiger charge is -2.26. The van der Waals surface area contributed by atoms with Crippen molar-refractivity contribution in [3.63, 3.8) is 0 Å². The molecule has 0 saturated heterocycles. The van der Waals surface area contributed by atoms with Crippen molar-refractivity contribution in [3.05, 3.63) is 0 Å². The normalized spacial score (nSPS) is 29.4. The van der Waals surface area contributed by atoms with E-state index in [1.54, 1.807) is 0 Å². The maximum absolute atomic E-state index is 11.8. The maximum Gasteiger partial charge on any atom is 0.220 e. The van der Waals surface area contributed by atoms with E-state index in [1.165, 1.54) is 44.9 Å². The minimum absolute atomic E-state index is 0.243. The molecule has 18 heavy (non-hydrogen) atoms. The molecule has 0 aliphatic heterocycles. The molecule has 1 amide bonds. The Morgan fingerprint density at radius 2 is 1.78 bits per heavy atom. The Morgan fingerprint density at radius 3 is 2.50 bits per heavy atom. The zero-order valence-electron chi connectivity index (χ0n) is 11.5. The van der Waals surface area contributed by atoms with E-state index in [1.807, 2.05) is 0 Å². The van der Waals surface area contributed by atoms with Crippen LogP contribution in [0.3, 0.4) is 0 Å². The van der Waals surface area contributed by atoms with E-state index in [0.717, 1.165) is 25.3 Å². The lowest BCUT2D eigenvalue weighted by Crippen LogP contribution is -2.32. The minimum atomic E-state index is 0.243. The molecule has 104 valence electrons. The molecule has 2 atom stereocenters. The van der Waals surface area contributed by atoms with Gasteiger partial charge in [-0.05, 0) is 37.5 Å². The Hall–Kier alpha value is -0.570. The third-order valence-electron chi connectivity index (χ3n) is 4.65. The molecule has 0 aromatic rings. The zero-order valence-corrected chi connectivity index (χ0v) is 11.5. The van der Waals surface area contributed by atoms with Crippen LogP contribution in [0.2, 0.25) is 0 Å². The molecule has 0 spiro atoms. The second-order valence-electron chi connectivity index (χ2n) is 6.29. The zero-order chi connectivity index (χ0) is 12.8. The van der Waals surface area contributed by atoms with Crippen LogP contribution in [0.5, 0.6) is 0 Å². The summed E-state index contributed by atoms with van der Waals surface area (Å²) in [5.74, 6) is 1.64. The van der Waals surface area contributed by atoms with Gasteiger partial charge in [0.15, 0.2) is 0 Å². The van der Waals surface area contributed by atoms with Crippen molar-refractivity contribution in [3.8, 4) is 0 Å². The number of nitrogens with two attached hydrogens (primary N) is 1. The van der Waals surface area contributed by atoms with Crippen LogP contribution in [0.1, 0.15) is 64.2 Å². The quantitative estimate of drug-likeness (QED) is 0.790. The SMILES string of the molecule is NC1CCCC(CC(=O)NCCC2CCCC2)C1. The highest BCUT2D eigenvalue weighted by atomic mass is 16.1. The van der Waals surface area contributed by atoms with Gasteiger partial charge in [0.25, 0.3) is 0 Å². The lowest BCUT2D eigenvalue weighted by atomic mass is 9.84. The number of carbonyl (C=O) groups is 1. The molecule has 2 rings (SSSR count). The first kappa shape index (κ1) is 13.9. The van der Waals surface area contributed by atoms with Gasteiger partial charge in [0.1, 0.15) is 0 Å². The molecule has 0 radical (unpaired) electrons. The van der Waals surface area contributed by atoms with Crippen LogP contribution >= 0.6 is 0 Å². The molecule has 0 bridgehead atoms. The van der Waals surface area contributed by atoms with Crippen molar-refractivity contribution in [2.24, 2.45) is 17.6 Å². The molecule has 0 aromatic carbocycles. The predicted molar refractivity (Wildman–Crippen MR) is 74.1 cm³/mol. The molecule has 2 unspecified atom stereocenters. The topological polar surface area (TPSA) is 55.1 Å². The molecule has 2 aliphatic rings. The number of amides is 1. The van der Waals surface area contributed by atoms with Crippen molar-refractivity contribution in [1.29, 1.82) is 0 Å². The lowest BCUT2D eigenvalue weighted by molar-refractivity contribution is -0.122. The summed E-state index contributed by atoms with van der Waals surface area (Å²) in [4.78, 5) is 11.8. The first-order valence-corrected chi connectivity index (χ1v) is 7.76. The summed E-state index contributed by atoms with van der Waals surface area (Å²) >= 11 is 0. The van der Waals surface area contributed by atoms with E-state index in [2.05, 4.69) is 5.32 Å². The van der Waals surface area contributed by atoms with Crippen LogP contribution in [0.25, 0.3) is 0 Å². The molecule has 0 aromatic heterocycles. The van der Waals surface area contributed by atoms with Crippen molar-refractivity contribution in [2.75, 3.05) is 6.54 Å². The molecular weight excluding hydrogens is 224 g/mol. The van der Waals surface area contributed by atoms with Crippen molar-refractivity contribution < 1.29 is 4.79 Å². The molecule has 3 nitrogen and oxygen atoms in total. The van der Waals surface area contributed by atoms with Crippen LogP contribution in [0.4, 0.5) is 0 Å². The molecular formula is C15H28N2O. The van der Waals surface area contributed by atoms with Crippen molar-refractivity contribution in [1.82, 2.24) is 5.32 Å². The molecule has 0 heterocycles. The summed E-state index contributed by atoms with van der Waals surface area (Å²) in [5, 5.41) is 3.09. The van der Waals surface area contributed by atoms with Gasteiger partial charge in [-0.25, -0.2) is 0 Å². The smallest absolute Gasteiger partial charge is 0.220 e. The highest BCUT2D eigenvalue weighted by Gasteiger charge is 2.21. The molecule has 2 aliphatic carbocycles. The van der Waals surface area contributed by atoms with Gasteiger partial charge in [0.2, 0.25) is 5.91 Å². The molecule has 2 saturated carbocycles. The summed E-state index contributed by atoms with van der Waals surface area (Å²) in [7, 11) is 0. The van der Waals surface area contributed by atoms with Crippen LogP contribution in [-0.4, -0.2) is 18.5 Å². The van der Waals surface area contributed by atoms with Gasteiger partial charge in [-0.2, -0.15) is 0 Å². The van der Waals surface area contributed by atoms with E-state index >= 15 is 0 Å². The van der Waals surface area contributed by atoms with Crippen LogP contribution in [0.15, 0.2) is 0 Å². The summed E-state index contributed by atoms with van der Waals surface area (Å²) in [5.41, 5.74) is 5.95. The second kappa shape index (κ2) is 7.13. The fourth-order valence-corrected chi connectivity index (χ4v) is 3.57. The first-order valence-electron chi connectivity index (χ1n) is 7.76. The fraction of sp³-hybridized carbons (Fsp3) is 0.933. The van der Waals surface area contributed by atoms with Crippen molar-refractivity contribution >= 4 is 5.91 Å². The van der Waals surface area contributed by atoms with Gasteiger partial charge in [0.05, 0.1) is 0 Å². The monoisotopic (exact) mass is 252 g/mol.